The molecule has 0 unspecified atom stereocenters. The van der Waals surface area contributed by atoms with E-state index in [0.29, 0.717) is 12.0 Å². The summed E-state index contributed by atoms with van der Waals surface area (Å²) < 4.78 is 0. The Balaban J connectivity index is 1.62. The minimum Gasteiger partial charge on any atom is -0.510 e. The summed E-state index contributed by atoms with van der Waals surface area (Å²) in [7, 11) is 3.21. The van der Waals surface area contributed by atoms with Crippen LogP contribution in [-0.4, -0.2) is 68.5 Å². The van der Waals surface area contributed by atoms with E-state index in [1.165, 1.54) is 11.0 Å². The number of ketones is 2. The summed E-state index contributed by atoms with van der Waals surface area (Å²) in [5.41, 5.74) is 4.47. The maximum Gasteiger partial charge on any atom is 0.255 e. The molecule has 4 atom stereocenters. The number of benzene rings is 2. The van der Waals surface area contributed by atoms with Gasteiger partial charge in [0.25, 0.3) is 5.91 Å². The standard InChI is InChI=1S/C29H30N2O7/c1-31(2)23-18-13-16-12-17-15(9-8-14-6-4-3-5-7-14)10-11-19(32)21(17)24(33)20(16)26(35)29(18,38)27(36)22(25(23)34)28(30)37/h3-7,10-11,16,18,23,32,34-35,38H,8-9,12-13H2,1-2H3,(H2,30,37)/t16-,18+,23+,29-/m0/s1. The van der Waals surface area contributed by atoms with Crippen LogP contribution in [0.2, 0.25) is 0 Å². The molecule has 1 amide bonds. The largest absolute Gasteiger partial charge is 0.510 e. The Morgan fingerprint density at radius 3 is 2.37 bits per heavy atom. The highest BCUT2D eigenvalue weighted by Gasteiger charge is 2.63. The molecular formula is C29H30N2O7. The van der Waals surface area contributed by atoms with Crippen molar-refractivity contribution in [1.29, 1.82) is 0 Å². The van der Waals surface area contributed by atoms with Crippen molar-refractivity contribution in [1.82, 2.24) is 4.90 Å². The van der Waals surface area contributed by atoms with Crippen molar-refractivity contribution >= 4 is 17.5 Å². The smallest absolute Gasteiger partial charge is 0.255 e. The number of likely N-dealkylation sites (N-methyl/N-ethyl adjacent to an activating group) is 1. The van der Waals surface area contributed by atoms with Crippen molar-refractivity contribution < 1.29 is 34.8 Å². The van der Waals surface area contributed by atoms with Crippen molar-refractivity contribution in [2.75, 3.05) is 14.1 Å². The number of phenols is 1. The number of amides is 1. The molecule has 3 aliphatic carbocycles. The Bertz CT molecular complexity index is 1430. The fourth-order valence-corrected chi connectivity index (χ4v) is 6.47. The molecule has 5 rings (SSSR count). The number of carbonyl (C=O) groups is 3. The molecule has 0 bridgehead atoms. The Labute approximate surface area is 219 Å². The number of Topliss-reactive ketones (excluding diaryl/α,β-unsaturated/α-hetero) is 2. The number of nitrogens with zero attached hydrogens (tertiary/aromatic N) is 1. The number of aromatic hydroxyl groups is 1. The van der Waals surface area contributed by atoms with Gasteiger partial charge >= 0.3 is 0 Å². The molecular weight excluding hydrogens is 488 g/mol. The Morgan fingerprint density at radius 1 is 1.05 bits per heavy atom. The lowest BCUT2D eigenvalue weighted by molar-refractivity contribution is -0.148. The topological polar surface area (TPSA) is 161 Å². The van der Waals surface area contributed by atoms with Crippen LogP contribution in [0.1, 0.15) is 33.5 Å². The third kappa shape index (κ3) is 3.65. The van der Waals surface area contributed by atoms with Gasteiger partial charge < -0.3 is 26.2 Å². The predicted molar refractivity (Wildman–Crippen MR) is 138 cm³/mol. The molecule has 6 N–H and O–H groups in total. The highest BCUT2D eigenvalue weighted by molar-refractivity contribution is 6.24. The van der Waals surface area contributed by atoms with E-state index in [0.717, 1.165) is 17.5 Å². The van der Waals surface area contributed by atoms with Gasteiger partial charge in [-0.05, 0) is 68.5 Å². The van der Waals surface area contributed by atoms with Gasteiger partial charge in [0.2, 0.25) is 5.78 Å². The first-order chi connectivity index (χ1) is 18.0. The molecule has 38 heavy (non-hydrogen) atoms. The number of primary amides is 1. The van der Waals surface area contributed by atoms with Crippen LogP contribution in [0, 0.1) is 11.8 Å². The molecule has 0 aromatic heterocycles. The number of aryl methyl sites for hydroxylation is 2. The summed E-state index contributed by atoms with van der Waals surface area (Å²) >= 11 is 0. The number of hydrogen-bond acceptors (Lipinski definition) is 8. The molecule has 0 aliphatic heterocycles. The second-order valence-electron chi connectivity index (χ2n) is 10.5. The van der Waals surface area contributed by atoms with Gasteiger partial charge in [-0.1, -0.05) is 36.4 Å². The van der Waals surface area contributed by atoms with E-state index in [-0.39, 0.29) is 29.7 Å². The van der Waals surface area contributed by atoms with Crippen LogP contribution in [0.15, 0.2) is 65.1 Å². The number of carbonyl (C=O) groups excluding carboxylic acids is 3. The highest BCUT2D eigenvalue weighted by atomic mass is 16.3. The summed E-state index contributed by atoms with van der Waals surface area (Å²) in [6, 6.07) is 12.1. The molecule has 0 saturated carbocycles. The van der Waals surface area contributed by atoms with Crippen LogP contribution in [0.4, 0.5) is 0 Å². The number of nitrogens with two attached hydrogens (primary N) is 1. The van der Waals surface area contributed by atoms with Crippen LogP contribution in [0.3, 0.4) is 0 Å². The molecule has 2 aromatic carbocycles. The molecule has 2 aromatic rings. The number of fused-ring (bicyclic) bond motifs is 3. The molecule has 3 aliphatic rings. The van der Waals surface area contributed by atoms with Gasteiger partial charge in [0.15, 0.2) is 11.4 Å². The zero-order valence-corrected chi connectivity index (χ0v) is 21.1. The number of aliphatic hydroxyl groups excluding tert-OH is 2. The first kappa shape index (κ1) is 25.7. The summed E-state index contributed by atoms with van der Waals surface area (Å²) in [5.74, 6) is -6.47. The molecule has 0 heterocycles. The van der Waals surface area contributed by atoms with Gasteiger partial charge in [-0.3, -0.25) is 19.3 Å². The third-order valence-electron chi connectivity index (χ3n) is 8.23. The fraction of sp³-hybridized carbons (Fsp3) is 0.345. The van der Waals surface area contributed by atoms with Gasteiger partial charge in [-0.25, -0.2) is 0 Å². The molecule has 0 spiro atoms. The van der Waals surface area contributed by atoms with Crippen molar-refractivity contribution in [3.05, 3.63) is 87.4 Å². The number of allylic oxidation sites excluding steroid dienone is 1. The summed E-state index contributed by atoms with van der Waals surface area (Å²) in [6.45, 7) is 0. The average molecular weight is 519 g/mol. The van der Waals surface area contributed by atoms with Crippen LogP contribution in [-0.2, 0) is 28.9 Å². The number of rotatable bonds is 5. The summed E-state index contributed by atoms with van der Waals surface area (Å²) in [4.78, 5) is 40.7. The van der Waals surface area contributed by atoms with Gasteiger partial charge in [-0.2, -0.15) is 0 Å². The summed E-state index contributed by atoms with van der Waals surface area (Å²) in [6.07, 6.45) is 1.70. The van der Waals surface area contributed by atoms with Gasteiger partial charge in [0, 0.05) is 11.5 Å². The van der Waals surface area contributed by atoms with Crippen molar-refractivity contribution in [2.45, 2.75) is 37.3 Å². The van der Waals surface area contributed by atoms with E-state index >= 15 is 0 Å². The zero-order valence-electron chi connectivity index (χ0n) is 21.1. The highest BCUT2D eigenvalue weighted by Crippen LogP contribution is 2.52. The van der Waals surface area contributed by atoms with Crippen molar-refractivity contribution in [2.24, 2.45) is 17.6 Å². The molecule has 0 saturated heterocycles. The minimum atomic E-state index is -2.63. The third-order valence-corrected chi connectivity index (χ3v) is 8.23. The van der Waals surface area contributed by atoms with Gasteiger partial charge in [0.1, 0.15) is 22.8 Å². The first-order valence-electron chi connectivity index (χ1n) is 12.5. The van der Waals surface area contributed by atoms with E-state index in [2.05, 4.69) is 0 Å². The monoisotopic (exact) mass is 518 g/mol. The van der Waals surface area contributed by atoms with Crippen molar-refractivity contribution in [3.63, 3.8) is 0 Å². The van der Waals surface area contributed by atoms with E-state index in [1.54, 1.807) is 20.2 Å². The lowest BCUT2D eigenvalue weighted by Crippen LogP contribution is -2.63. The molecule has 0 fully saturated rings. The Morgan fingerprint density at radius 2 is 1.74 bits per heavy atom. The number of aliphatic hydroxyl groups is 3. The van der Waals surface area contributed by atoms with Crippen LogP contribution in [0.5, 0.6) is 5.75 Å². The normalized spacial score (nSPS) is 26.8. The van der Waals surface area contributed by atoms with Crippen LogP contribution >= 0.6 is 0 Å². The van der Waals surface area contributed by atoms with E-state index in [4.69, 9.17) is 5.73 Å². The molecule has 9 heteroatoms. The molecule has 9 nitrogen and oxygen atoms in total. The average Bonchev–Trinajstić information content (AvgIpc) is 2.86. The second kappa shape index (κ2) is 9.11. The quantitative estimate of drug-likeness (QED) is 0.375. The first-order valence-corrected chi connectivity index (χ1v) is 12.5. The lowest BCUT2D eigenvalue weighted by atomic mass is 9.58. The lowest BCUT2D eigenvalue weighted by Gasteiger charge is -2.50. The minimum absolute atomic E-state index is 0.0383. The maximum absolute atomic E-state index is 13.8. The number of hydrogen-bond donors (Lipinski definition) is 5. The SMILES string of the molecule is CN(C)[C@H]1C(O)=C(C(N)=O)C(=O)[C@@]2(O)C(O)=C3C(=O)c4c(O)ccc(CCc5ccccc5)c4C[C@H]3C[C@H]12. The van der Waals surface area contributed by atoms with E-state index < -0.39 is 58.0 Å². The number of phenolic OH excluding ortho intramolecular Hbond substituents is 1. The van der Waals surface area contributed by atoms with Gasteiger partial charge in [-0.15, -0.1) is 0 Å². The predicted octanol–water partition coefficient (Wildman–Crippen LogP) is 1.91. The molecule has 198 valence electrons. The Kier molecular flexibility index (Phi) is 6.16. The van der Waals surface area contributed by atoms with Crippen molar-refractivity contribution in [3.8, 4) is 5.75 Å². The van der Waals surface area contributed by atoms with Crippen LogP contribution in [0.25, 0.3) is 0 Å². The summed E-state index contributed by atoms with van der Waals surface area (Å²) in [5, 5.41) is 44.5. The van der Waals surface area contributed by atoms with E-state index in [9.17, 15) is 34.8 Å². The van der Waals surface area contributed by atoms with Gasteiger partial charge in [0.05, 0.1) is 11.6 Å². The fourth-order valence-electron chi connectivity index (χ4n) is 6.47. The molecule has 0 radical (unpaired) electrons. The zero-order chi connectivity index (χ0) is 27.5. The Hall–Kier alpha value is -3.95. The maximum atomic E-state index is 13.8. The second-order valence-corrected chi connectivity index (χ2v) is 10.5. The van der Waals surface area contributed by atoms with E-state index in [1.807, 2.05) is 30.3 Å². The van der Waals surface area contributed by atoms with Crippen LogP contribution < -0.4 is 5.73 Å².